The molecule has 0 aliphatic heterocycles. The summed E-state index contributed by atoms with van der Waals surface area (Å²) in [4.78, 5) is 8.65. The van der Waals surface area contributed by atoms with E-state index in [4.69, 9.17) is 4.42 Å². The lowest BCUT2D eigenvalue weighted by atomic mass is 10.1. The van der Waals surface area contributed by atoms with Gasteiger partial charge in [0.25, 0.3) is 5.22 Å². The lowest BCUT2D eigenvalue weighted by Gasteiger charge is -2.20. The molecular weight excluding hydrogens is 258 g/mol. The van der Waals surface area contributed by atoms with Gasteiger partial charge in [-0.05, 0) is 51.1 Å². The van der Waals surface area contributed by atoms with Gasteiger partial charge < -0.3 is 9.73 Å². The second-order valence-electron chi connectivity index (χ2n) is 5.47. The minimum Gasteiger partial charge on any atom is -0.439 e. The zero-order chi connectivity index (χ0) is 13.9. The highest BCUT2D eigenvalue weighted by Gasteiger charge is 2.09. The molecule has 2 aromatic rings. The van der Waals surface area contributed by atoms with Crippen LogP contribution in [0.4, 0.5) is 0 Å². The van der Waals surface area contributed by atoms with E-state index in [-0.39, 0.29) is 5.54 Å². The van der Waals surface area contributed by atoms with Crippen molar-refractivity contribution in [3.63, 3.8) is 0 Å². The van der Waals surface area contributed by atoms with Crippen molar-refractivity contribution in [1.29, 1.82) is 0 Å². The Morgan fingerprint density at radius 2 is 2.11 bits per heavy atom. The van der Waals surface area contributed by atoms with Gasteiger partial charge in [-0.15, -0.1) is 0 Å². The van der Waals surface area contributed by atoms with E-state index in [0.29, 0.717) is 5.22 Å². The van der Waals surface area contributed by atoms with Crippen LogP contribution in [0.25, 0.3) is 0 Å². The van der Waals surface area contributed by atoms with Crippen LogP contribution in [-0.2, 0) is 6.54 Å². The highest BCUT2D eigenvalue weighted by atomic mass is 32.2. The van der Waals surface area contributed by atoms with Gasteiger partial charge in [0.1, 0.15) is 11.3 Å². The van der Waals surface area contributed by atoms with Crippen LogP contribution in [0.1, 0.15) is 32.0 Å². The Labute approximate surface area is 118 Å². The van der Waals surface area contributed by atoms with E-state index >= 15 is 0 Å². The molecule has 0 unspecified atom stereocenters. The molecular formula is C14H19N3OS. The Hall–Kier alpha value is -1.33. The summed E-state index contributed by atoms with van der Waals surface area (Å²) in [6.07, 6.45) is 3.53. The monoisotopic (exact) mass is 277 g/mol. The molecule has 0 aromatic carbocycles. The summed E-state index contributed by atoms with van der Waals surface area (Å²) >= 11 is 1.43. The fraction of sp³-hybridized carbons (Fsp3) is 0.429. The van der Waals surface area contributed by atoms with Crippen LogP contribution in [-0.4, -0.2) is 15.5 Å². The predicted molar refractivity (Wildman–Crippen MR) is 76.2 cm³/mol. The lowest BCUT2D eigenvalue weighted by Crippen LogP contribution is -2.35. The molecule has 5 heteroatoms. The van der Waals surface area contributed by atoms with Crippen LogP contribution in [0, 0.1) is 6.92 Å². The molecule has 1 N–H and O–H groups in total. The molecule has 0 atom stereocenters. The Balaban J connectivity index is 1.95. The zero-order valence-corrected chi connectivity index (χ0v) is 12.5. The Morgan fingerprint density at radius 3 is 2.63 bits per heavy atom. The third-order valence-corrected chi connectivity index (χ3v) is 3.22. The maximum absolute atomic E-state index is 5.29. The van der Waals surface area contributed by atoms with Gasteiger partial charge in [-0.1, -0.05) is 6.07 Å². The highest BCUT2D eigenvalue weighted by molar-refractivity contribution is 7.99. The first-order valence-electron chi connectivity index (χ1n) is 6.22. The number of nitrogens with zero attached hydrogens (tertiary/aromatic N) is 2. The van der Waals surface area contributed by atoms with Crippen molar-refractivity contribution >= 4 is 11.8 Å². The normalized spacial score (nSPS) is 11.8. The lowest BCUT2D eigenvalue weighted by molar-refractivity contribution is 0.424. The average Bonchev–Trinajstić information content (AvgIpc) is 2.73. The van der Waals surface area contributed by atoms with Crippen LogP contribution in [0.2, 0.25) is 0 Å². The van der Waals surface area contributed by atoms with Gasteiger partial charge in [0.05, 0.1) is 5.69 Å². The molecule has 2 rings (SSSR count). The van der Waals surface area contributed by atoms with E-state index in [1.165, 1.54) is 17.3 Å². The third-order valence-electron chi connectivity index (χ3n) is 2.41. The highest BCUT2D eigenvalue weighted by Crippen LogP contribution is 2.24. The standard InChI is InChI=1S/C14H19N3OS/c1-10-9-18-13(17-10)19-12-6-5-11(7-15-12)8-16-14(2,3)4/h5-7,9,16H,8H2,1-4H3. The number of hydrogen-bond acceptors (Lipinski definition) is 5. The molecule has 0 spiro atoms. The van der Waals surface area contributed by atoms with E-state index in [9.17, 15) is 0 Å². The summed E-state index contributed by atoms with van der Waals surface area (Å²) in [5.41, 5.74) is 2.17. The Morgan fingerprint density at radius 1 is 1.32 bits per heavy atom. The summed E-state index contributed by atoms with van der Waals surface area (Å²) in [6, 6.07) is 4.06. The van der Waals surface area contributed by atoms with Crippen molar-refractivity contribution in [1.82, 2.24) is 15.3 Å². The molecule has 2 aromatic heterocycles. The molecule has 0 amide bonds. The Bertz CT molecular complexity index is 528. The van der Waals surface area contributed by atoms with E-state index in [1.807, 2.05) is 19.2 Å². The van der Waals surface area contributed by atoms with E-state index in [0.717, 1.165) is 17.3 Å². The van der Waals surface area contributed by atoms with Gasteiger partial charge in [0, 0.05) is 18.3 Å². The van der Waals surface area contributed by atoms with Gasteiger partial charge in [-0.2, -0.15) is 0 Å². The molecule has 0 saturated carbocycles. The van der Waals surface area contributed by atoms with Gasteiger partial charge in [-0.3, -0.25) is 0 Å². The maximum atomic E-state index is 5.29. The molecule has 102 valence electrons. The summed E-state index contributed by atoms with van der Waals surface area (Å²) < 4.78 is 5.29. The summed E-state index contributed by atoms with van der Waals surface area (Å²) in [6.45, 7) is 9.17. The van der Waals surface area contributed by atoms with Crippen LogP contribution < -0.4 is 5.32 Å². The van der Waals surface area contributed by atoms with Crippen LogP contribution in [0.5, 0.6) is 0 Å². The van der Waals surface area contributed by atoms with Crippen molar-refractivity contribution in [2.45, 2.75) is 50.0 Å². The minimum absolute atomic E-state index is 0.114. The summed E-state index contributed by atoms with van der Waals surface area (Å²) in [7, 11) is 0. The van der Waals surface area contributed by atoms with Gasteiger partial charge in [0.15, 0.2) is 0 Å². The third kappa shape index (κ3) is 4.69. The van der Waals surface area contributed by atoms with Crippen molar-refractivity contribution < 1.29 is 4.42 Å². The number of nitrogens with one attached hydrogen (secondary N) is 1. The fourth-order valence-corrected chi connectivity index (χ4v) is 2.12. The topological polar surface area (TPSA) is 51.0 Å². The Kier molecular flexibility index (Phi) is 4.27. The van der Waals surface area contributed by atoms with E-state index in [2.05, 4.69) is 42.1 Å². The molecule has 0 aliphatic carbocycles. The maximum Gasteiger partial charge on any atom is 0.262 e. The van der Waals surface area contributed by atoms with Crippen molar-refractivity contribution in [2.75, 3.05) is 0 Å². The number of pyridine rings is 1. The van der Waals surface area contributed by atoms with Crippen LogP contribution >= 0.6 is 11.8 Å². The van der Waals surface area contributed by atoms with Gasteiger partial charge in [0.2, 0.25) is 0 Å². The number of aromatic nitrogens is 2. The van der Waals surface area contributed by atoms with Gasteiger partial charge >= 0.3 is 0 Å². The second kappa shape index (κ2) is 5.75. The average molecular weight is 277 g/mol. The quantitative estimate of drug-likeness (QED) is 0.928. The first-order valence-corrected chi connectivity index (χ1v) is 7.04. The molecule has 4 nitrogen and oxygen atoms in total. The number of hydrogen-bond donors (Lipinski definition) is 1. The van der Waals surface area contributed by atoms with Crippen molar-refractivity contribution in [3.05, 3.63) is 35.9 Å². The molecule has 0 saturated heterocycles. The SMILES string of the molecule is Cc1coc(Sc2ccc(CNC(C)(C)C)cn2)n1. The summed E-state index contributed by atoms with van der Waals surface area (Å²) in [5, 5.41) is 4.95. The van der Waals surface area contributed by atoms with E-state index in [1.54, 1.807) is 6.26 Å². The second-order valence-corrected chi connectivity index (χ2v) is 6.44. The molecule has 19 heavy (non-hydrogen) atoms. The van der Waals surface area contributed by atoms with Crippen molar-refractivity contribution in [3.8, 4) is 0 Å². The fourth-order valence-electron chi connectivity index (χ4n) is 1.41. The predicted octanol–water partition coefficient (Wildman–Crippen LogP) is 3.42. The number of aryl methyl sites for hydroxylation is 1. The minimum atomic E-state index is 0.114. The molecule has 2 heterocycles. The van der Waals surface area contributed by atoms with Crippen LogP contribution in [0.15, 0.2) is 39.3 Å². The molecule has 0 fully saturated rings. The van der Waals surface area contributed by atoms with Crippen LogP contribution in [0.3, 0.4) is 0 Å². The number of oxazole rings is 1. The first-order chi connectivity index (χ1) is 8.92. The smallest absolute Gasteiger partial charge is 0.262 e. The van der Waals surface area contributed by atoms with Crippen molar-refractivity contribution in [2.24, 2.45) is 0 Å². The molecule has 0 radical (unpaired) electrons. The largest absolute Gasteiger partial charge is 0.439 e. The van der Waals surface area contributed by atoms with Gasteiger partial charge in [-0.25, -0.2) is 9.97 Å². The zero-order valence-electron chi connectivity index (χ0n) is 11.7. The first kappa shape index (κ1) is 14.1. The van der Waals surface area contributed by atoms with E-state index < -0.39 is 0 Å². The number of rotatable bonds is 4. The molecule has 0 aliphatic rings. The summed E-state index contributed by atoms with van der Waals surface area (Å²) in [5.74, 6) is 0. The molecule has 0 bridgehead atoms.